The first-order chi connectivity index (χ1) is 20.8. The lowest BCUT2D eigenvalue weighted by atomic mass is 9.82. The molecule has 1 atom stereocenters. The van der Waals surface area contributed by atoms with Gasteiger partial charge in [0, 0.05) is 29.3 Å². The standard InChI is InChI=1S/C30H31ClN2O4.C2HF3O2/c31-26-13-11-23(12-14-26)28(34)32-17-20-33-18-15-22(16-19-33)27(21-33)37-29(35)30(36,24-7-3-1-4-8-24)25-9-5-2-6-10-25;3-2(4,5)1(6)7/h1-14,22,27,36H,15-21H2;(H,6,7)/t22?,27-,33?;/m0./s1. The maximum absolute atomic E-state index is 13.7. The van der Waals surface area contributed by atoms with Crippen LogP contribution in [-0.4, -0.2) is 72.4 Å². The maximum Gasteiger partial charge on any atom is 0.430 e. The molecule has 3 heterocycles. The molecule has 6 rings (SSSR count). The molecule has 0 aromatic heterocycles. The maximum atomic E-state index is 13.7. The van der Waals surface area contributed by atoms with Crippen LogP contribution in [0.3, 0.4) is 0 Å². The number of carboxylic acids is 1. The minimum absolute atomic E-state index is 0.125. The topological polar surface area (TPSA) is 116 Å². The number of quaternary nitrogens is 1. The summed E-state index contributed by atoms with van der Waals surface area (Å²) in [5.41, 5.74) is -0.330. The molecular weight excluding hydrogens is 601 g/mol. The van der Waals surface area contributed by atoms with Crippen LogP contribution in [-0.2, 0) is 19.9 Å². The Morgan fingerprint density at radius 1 is 0.909 bits per heavy atom. The number of hydrogen-bond donors (Lipinski definition) is 2. The second-order valence-corrected chi connectivity index (χ2v) is 11.4. The van der Waals surface area contributed by atoms with Crippen LogP contribution in [0.25, 0.3) is 0 Å². The van der Waals surface area contributed by atoms with Gasteiger partial charge in [-0.25, -0.2) is 4.79 Å². The van der Waals surface area contributed by atoms with E-state index < -0.39 is 23.7 Å². The molecule has 2 bridgehead atoms. The molecule has 12 heteroatoms. The van der Waals surface area contributed by atoms with Crippen LogP contribution >= 0.6 is 11.6 Å². The first kappa shape index (κ1) is 33.0. The van der Waals surface area contributed by atoms with Gasteiger partial charge >= 0.3 is 12.1 Å². The van der Waals surface area contributed by atoms with Gasteiger partial charge in [-0.2, -0.15) is 13.2 Å². The highest BCUT2D eigenvalue weighted by atomic mass is 35.5. The highest BCUT2D eigenvalue weighted by Gasteiger charge is 2.50. The highest BCUT2D eigenvalue weighted by molar-refractivity contribution is 6.30. The van der Waals surface area contributed by atoms with Crippen molar-refractivity contribution < 1.29 is 47.0 Å². The fourth-order valence-corrected chi connectivity index (χ4v) is 5.89. The van der Waals surface area contributed by atoms with Gasteiger partial charge in [0.05, 0.1) is 26.2 Å². The van der Waals surface area contributed by atoms with Crippen LogP contribution in [0.2, 0.25) is 5.02 Å². The van der Waals surface area contributed by atoms with Crippen molar-refractivity contribution in [3.8, 4) is 0 Å². The Bertz CT molecular complexity index is 1390. The number of fused-ring (bicyclic) bond motifs is 3. The van der Waals surface area contributed by atoms with Crippen molar-refractivity contribution in [1.82, 2.24) is 5.32 Å². The Balaban J connectivity index is 0.000000566. The summed E-state index contributed by atoms with van der Waals surface area (Å²) in [4.78, 5) is 35.0. The Kier molecular flexibility index (Phi) is 10.3. The van der Waals surface area contributed by atoms with Gasteiger partial charge in [0.25, 0.3) is 5.91 Å². The van der Waals surface area contributed by atoms with E-state index >= 15 is 0 Å². The molecule has 8 nitrogen and oxygen atoms in total. The lowest BCUT2D eigenvalue weighted by Gasteiger charge is -2.52. The first-order valence-corrected chi connectivity index (χ1v) is 14.4. The largest absolute Gasteiger partial charge is 0.542 e. The second-order valence-electron chi connectivity index (χ2n) is 11.0. The van der Waals surface area contributed by atoms with E-state index in [2.05, 4.69) is 5.32 Å². The van der Waals surface area contributed by atoms with Gasteiger partial charge in [-0.15, -0.1) is 0 Å². The number of rotatable bonds is 8. The predicted octanol–water partition coefficient (Wildman–Crippen LogP) is 3.46. The molecule has 2 N–H and O–H groups in total. The summed E-state index contributed by atoms with van der Waals surface area (Å²) in [7, 11) is 0. The van der Waals surface area contributed by atoms with E-state index in [4.69, 9.17) is 26.2 Å². The second kappa shape index (κ2) is 13.8. The van der Waals surface area contributed by atoms with Crippen LogP contribution < -0.4 is 10.4 Å². The summed E-state index contributed by atoms with van der Waals surface area (Å²) in [5, 5.41) is 24.2. The molecule has 0 radical (unpaired) electrons. The third-order valence-electron chi connectivity index (χ3n) is 8.19. The van der Waals surface area contributed by atoms with E-state index in [0.717, 1.165) is 37.0 Å². The molecule has 3 aliphatic heterocycles. The number of aliphatic carboxylic acids is 1. The zero-order chi connectivity index (χ0) is 32.0. The fraction of sp³-hybridized carbons (Fsp3) is 0.344. The van der Waals surface area contributed by atoms with Crippen molar-refractivity contribution >= 4 is 29.4 Å². The molecule has 3 aliphatic rings. The van der Waals surface area contributed by atoms with Crippen LogP contribution in [0.1, 0.15) is 34.3 Å². The number of halogens is 4. The first-order valence-electron chi connectivity index (χ1n) is 14.1. The van der Waals surface area contributed by atoms with E-state index in [-0.39, 0.29) is 17.9 Å². The van der Waals surface area contributed by atoms with Crippen molar-refractivity contribution in [3.05, 3.63) is 107 Å². The third kappa shape index (κ3) is 7.77. The molecule has 3 fully saturated rings. The average Bonchev–Trinajstić information content (AvgIpc) is 3.02. The number of hydrogen-bond acceptors (Lipinski definition) is 6. The number of ether oxygens (including phenoxy) is 1. The molecular formula is C32H32ClF3N2O6. The number of benzene rings is 3. The number of amides is 1. The van der Waals surface area contributed by atoms with Crippen molar-refractivity contribution in [2.75, 3.05) is 32.7 Å². The minimum atomic E-state index is -5.19. The molecule has 3 aromatic carbocycles. The lowest BCUT2D eigenvalue weighted by Crippen LogP contribution is -2.66. The summed E-state index contributed by atoms with van der Waals surface area (Å²) in [5.74, 6) is -3.49. The molecule has 0 unspecified atom stereocenters. The fourth-order valence-electron chi connectivity index (χ4n) is 5.76. The molecule has 44 heavy (non-hydrogen) atoms. The third-order valence-corrected chi connectivity index (χ3v) is 8.44. The molecule has 3 aromatic rings. The molecule has 3 saturated heterocycles. The van der Waals surface area contributed by atoms with Gasteiger partial charge in [0.1, 0.15) is 12.5 Å². The van der Waals surface area contributed by atoms with Crippen LogP contribution in [0.4, 0.5) is 13.2 Å². The summed E-state index contributed by atoms with van der Waals surface area (Å²) in [6, 6.07) is 24.8. The number of nitrogens with zero attached hydrogens (tertiary/aromatic N) is 1. The van der Waals surface area contributed by atoms with Crippen molar-refractivity contribution in [2.45, 2.75) is 30.7 Å². The summed E-state index contributed by atoms with van der Waals surface area (Å²) in [6.07, 6.45) is -3.56. The van der Waals surface area contributed by atoms with E-state index in [1.807, 2.05) is 36.4 Å². The summed E-state index contributed by atoms with van der Waals surface area (Å²) < 4.78 is 38.5. The van der Waals surface area contributed by atoms with Crippen molar-refractivity contribution in [2.24, 2.45) is 5.92 Å². The number of aliphatic hydroxyl groups is 1. The smallest absolute Gasteiger partial charge is 0.430 e. The molecule has 1 amide bonds. The number of nitrogens with one attached hydrogen (secondary N) is 1. The van der Waals surface area contributed by atoms with E-state index in [1.165, 1.54) is 0 Å². The molecule has 234 valence electrons. The van der Waals surface area contributed by atoms with Crippen LogP contribution in [0, 0.1) is 5.92 Å². The number of carbonyl (C=O) groups excluding carboxylic acids is 3. The van der Waals surface area contributed by atoms with Crippen LogP contribution in [0.15, 0.2) is 84.9 Å². The van der Waals surface area contributed by atoms with Crippen molar-refractivity contribution in [1.29, 1.82) is 0 Å². The number of carbonyl (C=O) groups is 3. The predicted molar refractivity (Wildman–Crippen MR) is 153 cm³/mol. The molecule has 0 saturated carbocycles. The molecule has 0 aliphatic carbocycles. The zero-order valence-corrected chi connectivity index (χ0v) is 24.4. The number of carboxylic acid groups (broad SMARTS) is 1. The van der Waals surface area contributed by atoms with Crippen molar-refractivity contribution in [3.63, 3.8) is 0 Å². The lowest BCUT2D eigenvalue weighted by molar-refractivity contribution is -0.945. The molecule has 0 spiro atoms. The number of piperidine rings is 3. The average molecular weight is 633 g/mol. The van der Waals surface area contributed by atoms with Crippen LogP contribution in [0.5, 0.6) is 0 Å². The van der Waals surface area contributed by atoms with Gasteiger partial charge in [-0.05, 0) is 35.4 Å². The van der Waals surface area contributed by atoms with E-state index in [0.29, 0.717) is 34.8 Å². The highest BCUT2D eigenvalue weighted by Crippen LogP contribution is 2.38. The zero-order valence-electron chi connectivity index (χ0n) is 23.6. The van der Waals surface area contributed by atoms with Gasteiger partial charge in [-0.3, -0.25) is 4.79 Å². The summed E-state index contributed by atoms with van der Waals surface area (Å²) in [6.45, 7) is 3.98. The summed E-state index contributed by atoms with van der Waals surface area (Å²) >= 11 is 5.93. The van der Waals surface area contributed by atoms with Gasteiger partial charge in [-0.1, -0.05) is 72.3 Å². The normalized spacial score (nSPS) is 21.0. The Morgan fingerprint density at radius 2 is 1.41 bits per heavy atom. The number of esters is 1. The minimum Gasteiger partial charge on any atom is -0.542 e. The van der Waals surface area contributed by atoms with Gasteiger partial charge < -0.3 is 29.5 Å². The Hall–Kier alpha value is -3.93. The quantitative estimate of drug-likeness (QED) is 0.290. The number of alkyl halides is 3. The Morgan fingerprint density at radius 3 is 1.89 bits per heavy atom. The Labute approximate surface area is 257 Å². The van der Waals surface area contributed by atoms with Gasteiger partial charge in [0.2, 0.25) is 5.60 Å². The monoisotopic (exact) mass is 632 g/mol. The van der Waals surface area contributed by atoms with Gasteiger partial charge in [0.15, 0.2) is 6.10 Å². The van der Waals surface area contributed by atoms with E-state index in [1.54, 1.807) is 48.5 Å². The SMILES string of the molecule is O=C(NCC[N+]12CCC(CC1)[C@@H](OC(=O)C(O)(c1ccccc1)c1ccccc1)C2)c1ccc(Cl)cc1.O=C([O-])C(F)(F)F. The van der Waals surface area contributed by atoms with E-state index in [9.17, 15) is 27.9 Å².